The SMILES string of the molecule is COC(=O)[C@@H]1CC(N)CC(C)N1. The van der Waals surface area contributed by atoms with Crippen LogP contribution in [0.4, 0.5) is 0 Å². The molecule has 0 bridgehead atoms. The highest BCUT2D eigenvalue weighted by Crippen LogP contribution is 2.12. The highest BCUT2D eigenvalue weighted by molar-refractivity contribution is 5.75. The highest BCUT2D eigenvalue weighted by atomic mass is 16.5. The Labute approximate surface area is 72.5 Å². The number of hydrogen-bond acceptors (Lipinski definition) is 4. The molecule has 1 heterocycles. The van der Waals surface area contributed by atoms with E-state index in [1.165, 1.54) is 7.11 Å². The number of esters is 1. The van der Waals surface area contributed by atoms with Gasteiger partial charge in [-0.3, -0.25) is 4.79 Å². The predicted molar refractivity (Wildman–Crippen MR) is 45.6 cm³/mol. The molecule has 3 atom stereocenters. The first-order valence-electron chi connectivity index (χ1n) is 4.23. The average molecular weight is 172 g/mol. The number of hydrogen-bond donors (Lipinski definition) is 2. The summed E-state index contributed by atoms with van der Waals surface area (Å²) in [5.74, 6) is -0.211. The molecule has 4 nitrogen and oxygen atoms in total. The quantitative estimate of drug-likeness (QED) is 0.529. The van der Waals surface area contributed by atoms with Crippen LogP contribution in [0.3, 0.4) is 0 Å². The minimum absolute atomic E-state index is 0.116. The molecule has 1 rings (SSSR count). The monoisotopic (exact) mass is 172 g/mol. The Bertz CT molecular complexity index is 162. The van der Waals surface area contributed by atoms with E-state index in [1.807, 2.05) is 6.92 Å². The van der Waals surface area contributed by atoms with Gasteiger partial charge in [0.1, 0.15) is 6.04 Å². The van der Waals surface area contributed by atoms with Gasteiger partial charge in [-0.15, -0.1) is 0 Å². The molecule has 1 aliphatic heterocycles. The lowest BCUT2D eigenvalue weighted by Crippen LogP contribution is -2.52. The number of nitrogens with two attached hydrogens (primary N) is 1. The molecule has 0 spiro atoms. The Morgan fingerprint density at radius 3 is 2.75 bits per heavy atom. The molecule has 0 radical (unpaired) electrons. The van der Waals surface area contributed by atoms with Crippen LogP contribution in [-0.4, -0.2) is 31.2 Å². The standard InChI is InChI=1S/C8H16N2O2/c1-5-3-6(9)4-7(10-5)8(11)12-2/h5-7,10H,3-4,9H2,1-2H3/t5?,6?,7-/m0/s1. The zero-order valence-electron chi connectivity index (χ0n) is 7.54. The molecule has 0 amide bonds. The molecule has 0 aliphatic carbocycles. The van der Waals surface area contributed by atoms with Crippen molar-refractivity contribution in [2.75, 3.05) is 7.11 Å². The summed E-state index contributed by atoms with van der Waals surface area (Å²) in [5, 5.41) is 3.14. The van der Waals surface area contributed by atoms with Crippen LogP contribution in [0.15, 0.2) is 0 Å². The lowest BCUT2D eigenvalue weighted by atomic mass is 9.95. The van der Waals surface area contributed by atoms with Gasteiger partial charge in [-0.1, -0.05) is 0 Å². The molecule has 3 N–H and O–H groups in total. The first-order valence-corrected chi connectivity index (χ1v) is 4.23. The number of rotatable bonds is 1. The van der Waals surface area contributed by atoms with Gasteiger partial charge in [0, 0.05) is 12.1 Å². The van der Waals surface area contributed by atoms with E-state index >= 15 is 0 Å². The molecule has 12 heavy (non-hydrogen) atoms. The van der Waals surface area contributed by atoms with E-state index in [1.54, 1.807) is 0 Å². The number of carbonyl (C=O) groups is 1. The highest BCUT2D eigenvalue weighted by Gasteiger charge is 2.28. The average Bonchev–Trinajstić information content (AvgIpc) is 2.01. The van der Waals surface area contributed by atoms with Gasteiger partial charge in [0.25, 0.3) is 0 Å². The van der Waals surface area contributed by atoms with Crippen molar-refractivity contribution in [3.63, 3.8) is 0 Å². The second-order valence-electron chi connectivity index (χ2n) is 3.37. The van der Waals surface area contributed by atoms with Crippen molar-refractivity contribution in [3.8, 4) is 0 Å². The molecule has 1 fully saturated rings. The van der Waals surface area contributed by atoms with Crippen LogP contribution in [0.2, 0.25) is 0 Å². The maximum Gasteiger partial charge on any atom is 0.322 e. The zero-order valence-corrected chi connectivity index (χ0v) is 7.54. The van der Waals surface area contributed by atoms with Crippen molar-refractivity contribution in [3.05, 3.63) is 0 Å². The summed E-state index contributed by atoms with van der Waals surface area (Å²) in [6.07, 6.45) is 1.60. The Morgan fingerprint density at radius 2 is 2.25 bits per heavy atom. The molecule has 0 saturated carbocycles. The van der Waals surface area contributed by atoms with E-state index < -0.39 is 0 Å². The summed E-state index contributed by atoms with van der Waals surface area (Å²) in [6, 6.07) is 0.206. The number of nitrogens with one attached hydrogen (secondary N) is 1. The number of carbonyl (C=O) groups excluding carboxylic acids is 1. The fourth-order valence-corrected chi connectivity index (χ4v) is 1.64. The van der Waals surface area contributed by atoms with Crippen molar-refractivity contribution >= 4 is 5.97 Å². The van der Waals surface area contributed by atoms with Crippen LogP contribution in [0.5, 0.6) is 0 Å². The Hall–Kier alpha value is -0.610. The maximum absolute atomic E-state index is 11.1. The predicted octanol–water partition coefficient (Wildman–Crippen LogP) is -0.373. The molecule has 0 aromatic heterocycles. The molecule has 2 unspecified atom stereocenters. The van der Waals surface area contributed by atoms with Crippen molar-refractivity contribution in [1.29, 1.82) is 0 Å². The first kappa shape index (κ1) is 9.48. The van der Waals surface area contributed by atoms with E-state index in [0.29, 0.717) is 12.5 Å². The van der Waals surface area contributed by atoms with Crippen molar-refractivity contribution < 1.29 is 9.53 Å². The van der Waals surface area contributed by atoms with E-state index in [0.717, 1.165) is 6.42 Å². The number of piperidine rings is 1. The van der Waals surface area contributed by atoms with Crippen LogP contribution >= 0.6 is 0 Å². The molecule has 0 aromatic rings. The lowest BCUT2D eigenvalue weighted by molar-refractivity contribution is -0.144. The third kappa shape index (κ3) is 2.19. The topological polar surface area (TPSA) is 64.3 Å². The van der Waals surface area contributed by atoms with Crippen molar-refractivity contribution in [2.24, 2.45) is 5.73 Å². The van der Waals surface area contributed by atoms with Gasteiger partial charge in [-0.2, -0.15) is 0 Å². The van der Waals surface area contributed by atoms with Gasteiger partial charge in [0.15, 0.2) is 0 Å². The Kier molecular flexibility index (Phi) is 3.05. The summed E-state index contributed by atoms with van der Waals surface area (Å²) in [6.45, 7) is 2.02. The van der Waals surface area contributed by atoms with E-state index in [-0.39, 0.29) is 18.1 Å². The van der Waals surface area contributed by atoms with Crippen LogP contribution in [0.25, 0.3) is 0 Å². The van der Waals surface area contributed by atoms with Gasteiger partial charge < -0.3 is 15.8 Å². The van der Waals surface area contributed by atoms with E-state index in [4.69, 9.17) is 5.73 Å². The fraction of sp³-hybridized carbons (Fsp3) is 0.875. The smallest absolute Gasteiger partial charge is 0.322 e. The molecule has 1 saturated heterocycles. The summed E-state index contributed by atoms with van der Waals surface area (Å²) >= 11 is 0. The molecule has 70 valence electrons. The number of ether oxygens (including phenoxy) is 1. The van der Waals surface area contributed by atoms with Gasteiger partial charge in [0.2, 0.25) is 0 Å². The largest absolute Gasteiger partial charge is 0.468 e. The minimum atomic E-state index is -0.214. The number of methoxy groups -OCH3 is 1. The molecule has 0 aromatic carbocycles. The lowest BCUT2D eigenvalue weighted by Gasteiger charge is -2.30. The summed E-state index contributed by atoms with van der Waals surface area (Å²) in [5.41, 5.74) is 5.76. The maximum atomic E-state index is 11.1. The van der Waals surface area contributed by atoms with Crippen LogP contribution < -0.4 is 11.1 Å². The normalized spacial score (nSPS) is 36.1. The molecule has 4 heteroatoms. The second-order valence-corrected chi connectivity index (χ2v) is 3.37. The zero-order chi connectivity index (χ0) is 9.14. The van der Waals surface area contributed by atoms with Gasteiger partial charge in [-0.25, -0.2) is 0 Å². The van der Waals surface area contributed by atoms with Gasteiger partial charge in [0.05, 0.1) is 7.11 Å². The van der Waals surface area contributed by atoms with Crippen molar-refractivity contribution in [1.82, 2.24) is 5.32 Å². The van der Waals surface area contributed by atoms with E-state index in [9.17, 15) is 4.79 Å². The minimum Gasteiger partial charge on any atom is -0.468 e. The molecular formula is C8H16N2O2. The Morgan fingerprint density at radius 1 is 1.58 bits per heavy atom. The van der Waals surface area contributed by atoms with Gasteiger partial charge >= 0.3 is 5.97 Å². The second kappa shape index (κ2) is 3.87. The van der Waals surface area contributed by atoms with Crippen LogP contribution in [0, 0.1) is 0 Å². The Balaban J connectivity index is 2.49. The van der Waals surface area contributed by atoms with Crippen LogP contribution in [-0.2, 0) is 9.53 Å². The van der Waals surface area contributed by atoms with Crippen LogP contribution in [0.1, 0.15) is 19.8 Å². The molecular weight excluding hydrogens is 156 g/mol. The van der Waals surface area contributed by atoms with Crippen molar-refractivity contribution in [2.45, 2.75) is 37.9 Å². The summed E-state index contributed by atoms with van der Waals surface area (Å²) in [4.78, 5) is 11.1. The fourth-order valence-electron chi connectivity index (χ4n) is 1.64. The third-order valence-corrected chi connectivity index (χ3v) is 2.17. The molecule has 1 aliphatic rings. The summed E-state index contributed by atoms with van der Waals surface area (Å²) < 4.78 is 4.63. The third-order valence-electron chi connectivity index (χ3n) is 2.17. The first-order chi connectivity index (χ1) is 5.63. The summed E-state index contributed by atoms with van der Waals surface area (Å²) in [7, 11) is 1.40. The van der Waals surface area contributed by atoms with Gasteiger partial charge in [-0.05, 0) is 19.8 Å². The van der Waals surface area contributed by atoms with E-state index in [2.05, 4.69) is 10.1 Å².